The molecule has 5 heteroatoms. The van der Waals surface area contributed by atoms with Gasteiger partial charge in [-0.3, -0.25) is 11.7 Å². The molecule has 4 nitrogen and oxygen atoms in total. The Labute approximate surface area is 107 Å². The van der Waals surface area contributed by atoms with Gasteiger partial charge in [-0.05, 0) is 24.3 Å². The van der Waals surface area contributed by atoms with Crippen LogP contribution >= 0.6 is 12.4 Å². The zero-order chi connectivity index (χ0) is 11.6. The molecule has 0 aromatic heterocycles. The van der Waals surface area contributed by atoms with Gasteiger partial charge in [-0.2, -0.15) is 0 Å². The Morgan fingerprint density at radius 1 is 0.588 bits per heavy atom. The number of hydrazine groups is 2. The van der Waals surface area contributed by atoms with Crippen LogP contribution in [0.1, 0.15) is 0 Å². The Morgan fingerprint density at radius 2 is 0.882 bits per heavy atom. The van der Waals surface area contributed by atoms with Gasteiger partial charge in [-0.15, -0.1) is 12.4 Å². The molecule has 0 atom stereocenters. The van der Waals surface area contributed by atoms with Gasteiger partial charge in [-0.1, -0.05) is 36.4 Å². The molecule has 0 amide bonds. The smallest absolute Gasteiger partial charge is 0.0485 e. The lowest BCUT2D eigenvalue weighted by molar-refractivity contribution is 1.35. The van der Waals surface area contributed by atoms with E-state index < -0.39 is 0 Å². The number of para-hydroxylation sites is 2. The molecule has 0 spiro atoms. The van der Waals surface area contributed by atoms with E-state index in [2.05, 4.69) is 10.9 Å². The van der Waals surface area contributed by atoms with Crippen LogP contribution in [0.5, 0.6) is 0 Å². The van der Waals surface area contributed by atoms with Crippen molar-refractivity contribution in [2.75, 3.05) is 10.9 Å². The van der Waals surface area contributed by atoms with E-state index in [0.717, 1.165) is 11.4 Å². The second-order valence-corrected chi connectivity index (χ2v) is 3.02. The molecule has 17 heavy (non-hydrogen) atoms. The Morgan fingerprint density at radius 3 is 1.06 bits per heavy atom. The van der Waals surface area contributed by atoms with Crippen LogP contribution < -0.4 is 22.5 Å². The third-order valence-corrected chi connectivity index (χ3v) is 1.88. The average Bonchev–Trinajstić information content (AvgIpc) is 2.41. The Hall–Kier alpha value is -1.75. The third kappa shape index (κ3) is 6.42. The Kier molecular flexibility index (Phi) is 8.50. The van der Waals surface area contributed by atoms with Gasteiger partial charge < -0.3 is 10.9 Å². The maximum Gasteiger partial charge on any atom is 0.0485 e. The second kappa shape index (κ2) is 9.47. The first kappa shape index (κ1) is 15.2. The van der Waals surface area contributed by atoms with Crippen molar-refractivity contribution >= 4 is 23.8 Å². The minimum atomic E-state index is 0. The van der Waals surface area contributed by atoms with E-state index in [9.17, 15) is 0 Å². The summed E-state index contributed by atoms with van der Waals surface area (Å²) >= 11 is 0. The molecule has 0 bridgehead atoms. The number of benzene rings is 2. The number of nitrogens with one attached hydrogen (secondary N) is 2. The molecule has 0 aliphatic carbocycles. The van der Waals surface area contributed by atoms with Crippen molar-refractivity contribution in [3.63, 3.8) is 0 Å². The summed E-state index contributed by atoms with van der Waals surface area (Å²) in [5, 5.41) is 0. The molecular formula is C12H17ClN4. The van der Waals surface area contributed by atoms with Crippen LogP contribution in [0.4, 0.5) is 11.4 Å². The van der Waals surface area contributed by atoms with Crippen LogP contribution in [-0.2, 0) is 0 Å². The first-order valence-corrected chi connectivity index (χ1v) is 4.90. The third-order valence-electron chi connectivity index (χ3n) is 1.88. The lowest BCUT2D eigenvalue weighted by atomic mass is 10.3. The van der Waals surface area contributed by atoms with Crippen molar-refractivity contribution < 1.29 is 0 Å². The van der Waals surface area contributed by atoms with E-state index >= 15 is 0 Å². The van der Waals surface area contributed by atoms with Crippen LogP contribution in [-0.4, -0.2) is 0 Å². The summed E-state index contributed by atoms with van der Waals surface area (Å²) < 4.78 is 0. The zero-order valence-corrected chi connectivity index (χ0v) is 10.2. The monoisotopic (exact) mass is 252 g/mol. The minimum Gasteiger partial charge on any atom is -0.324 e. The lowest BCUT2D eigenvalue weighted by Gasteiger charge is -1.94. The molecule has 0 unspecified atom stereocenters. The van der Waals surface area contributed by atoms with Gasteiger partial charge in [0.1, 0.15) is 0 Å². The van der Waals surface area contributed by atoms with Crippen molar-refractivity contribution in [1.82, 2.24) is 0 Å². The highest BCUT2D eigenvalue weighted by Gasteiger charge is 1.79. The van der Waals surface area contributed by atoms with Crippen LogP contribution in [0.25, 0.3) is 0 Å². The van der Waals surface area contributed by atoms with Crippen LogP contribution in [0.2, 0.25) is 0 Å². The largest absolute Gasteiger partial charge is 0.324 e. The number of hydrogen-bond donors (Lipinski definition) is 4. The number of rotatable bonds is 2. The Balaban J connectivity index is 0.000000284. The van der Waals surface area contributed by atoms with Crippen molar-refractivity contribution in [2.24, 2.45) is 11.7 Å². The maximum absolute atomic E-state index is 5.10. The molecule has 2 rings (SSSR count). The van der Waals surface area contributed by atoms with Gasteiger partial charge in [-0.25, -0.2) is 0 Å². The van der Waals surface area contributed by atoms with E-state index in [4.69, 9.17) is 11.7 Å². The normalized spacial score (nSPS) is 8.12. The van der Waals surface area contributed by atoms with Gasteiger partial charge in [0, 0.05) is 11.4 Å². The lowest BCUT2D eigenvalue weighted by Crippen LogP contribution is -2.05. The molecular weight excluding hydrogens is 236 g/mol. The van der Waals surface area contributed by atoms with Gasteiger partial charge in [0.05, 0.1) is 0 Å². The number of nitrogens with two attached hydrogens (primary N) is 2. The summed E-state index contributed by atoms with van der Waals surface area (Å²) in [5.41, 5.74) is 6.93. The number of nitrogen functional groups attached to an aromatic ring is 2. The molecule has 0 saturated carbocycles. The van der Waals surface area contributed by atoms with E-state index in [1.807, 2.05) is 60.7 Å². The molecule has 2 aromatic carbocycles. The molecule has 6 N–H and O–H groups in total. The summed E-state index contributed by atoms with van der Waals surface area (Å²) in [5.74, 6) is 10.2. The number of halogens is 1. The summed E-state index contributed by atoms with van der Waals surface area (Å²) in [6.07, 6.45) is 0. The number of anilines is 2. The first-order chi connectivity index (χ1) is 7.86. The standard InChI is InChI=1S/2C6H8N2.ClH/c2*7-8-6-4-2-1-3-5-6;/h2*1-5,8H,7H2;1H. The highest BCUT2D eigenvalue weighted by atomic mass is 35.5. The summed E-state index contributed by atoms with van der Waals surface area (Å²) in [7, 11) is 0. The van der Waals surface area contributed by atoms with E-state index in [1.165, 1.54) is 0 Å². The van der Waals surface area contributed by atoms with Gasteiger partial charge in [0.25, 0.3) is 0 Å². The molecule has 2 aromatic rings. The first-order valence-electron chi connectivity index (χ1n) is 4.90. The number of hydrogen-bond acceptors (Lipinski definition) is 4. The van der Waals surface area contributed by atoms with Gasteiger partial charge in [0.2, 0.25) is 0 Å². The van der Waals surface area contributed by atoms with Crippen LogP contribution in [0.3, 0.4) is 0 Å². The summed E-state index contributed by atoms with van der Waals surface area (Å²) in [6.45, 7) is 0. The SMILES string of the molecule is Cl.NNc1ccccc1.NNc1ccccc1. The second-order valence-electron chi connectivity index (χ2n) is 3.02. The Bertz CT molecular complexity index is 341. The van der Waals surface area contributed by atoms with Gasteiger partial charge >= 0.3 is 0 Å². The van der Waals surface area contributed by atoms with Crippen molar-refractivity contribution in [2.45, 2.75) is 0 Å². The molecule has 92 valence electrons. The topological polar surface area (TPSA) is 76.1 Å². The molecule has 0 heterocycles. The fraction of sp³-hybridized carbons (Fsp3) is 0. The highest BCUT2D eigenvalue weighted by molar-refractivity contribution is 5.85. The molecule has 0 radical (unpaired) electrons. The predicted molar refractivity (Wildman–Crippen MR) is 75.8 cm³/mol. The average molecular weight is 253 g/mol. The fourth-order valence-corrected chi connectivity index (χ4v) is 1.07. The molecule has 0 aliphatic heterocycles. The summed E-state index contributed by atoms with van der Waals surface area (Å²) in [6, 6.07) is 19.2. The fourth-order valence-electron chi connectivity index (χ4n) is 1.07. The van der Waals surface area contributed by atoms with E-state index in [0.29, 0.717) is 0 Å². The van der Waals surface area contributed by atoms with Crippen LogP contribution in [0.15, 0.2) is 60.7 Å². The van der Waals surface area contributed by atoms with E-state index in [1.54, 1.807) is 0 Å². The quantitative estimate of drug-likeness (QED) is 0.489. The van der Waals surface area contributed by atoms with Crippen LogP contribution in [0, 0.1) is 0 Å². The van der Waals surface area contributed by atoms with Crippen molar-refractivity contribution in [3.8, 4) is 0 Å². The predicted octanol–water partition coefficient (Wildman–Crippen LogP) is 2.37. The summed E-state index contributed by atoms with van der Waals surface area (Å²) in [4.78, 5) is 0. The molecule has 0 aliphatic rings. The van der Waals surface area contributed by atoms with Crippen molar-refractivity contribution in [3.05, 3.63) is 60.7 Å². The zero-order valence-electron chi connectivity index (χ0n) is 9.34. The highest BCUT2D eigenvalue weighted by Crippen LogP contribution is 2.01. The van der Waals surface area contributed by atoms with E-state index in [-0.39, 0.29) is 12.4 Å². The van der Waals surface area contributed by atoms with Crippen molar-refractivity contribution in [1.29, 1.82) is 0 Å². The molecule has 0 fully saturated rings. The van der Waals surface area contributed by atoms with Gasteiger partial charge in [0.15, 0.2) is 0 Å². The molecule has 0 saturated heterocycles. The minimum absolute atomic E-state index is 0. The maximum atomic E-state index is 5.10.